The minimum Gasteiger partial charge on any atom is -0.496 e. The zero-order valence-corrected chi connectivity index (χ0v) is 16.0. The monoisotopic (exact) mass is 380 g/mol. The molecular formula is C21H24N4O3. The van der Waals surface area contributed by atoms with Gasteiger partial charge in [0.1, 0.15) is 11.3 Å². The van der Waals surface area contributed by atoms with Gasteiger partial charge in [-0.05, 0) is 31.7 Å². The van der Waals surface area contributed by atoms with Gasteiger partial charge in [-0.1, -0.05) is 18.2 Å². The van der Waals surface area contributed by atoms with Gasteiger partial charge < -0.3 is 14.6 Å². The molecule has 0 fully saturated rings. The summed E-state index contributed by atoms with van der Waals surface area (Å²) in [5, 5.41) is 7.44. The van der Waals surface area contributed by atoms with E-state index in [1.807, 2.05) is 30.5 Å². The number of carbonyl (C=O) groups is 1. The van der Waals surface area contributed by atoms with Crippen LogP contribution in [0.5, 0.6) is 5.75 Å². The highest BCUT2D eigenvalue weighted by molar-refractivity contribution is 5.75. The van der Waals surface area contributed by atoms with Crippen molar-refractivity contribution in [3.63, 3.8) is 0 Å². The van der Waals surface area contributed by atoms with Crippen molar-refractivity contribution in [1.82, 2.24) is 19.5 Å². The molecule has 7 heteroatoms. The third-order valence-electron chi connectivity index (χ3n) is 5.28. The molecule has 1 amide bonds. The standard InChI is InChI=1S/C21H24N4O3/c1-28-18-9-5-2-6-15(18)14-22-19(26)10-11-24-12-13-25-20(21(24)27)16-7-3-4-8-17(16)23-25/h2,5-6,9,12-13H,3-4,7-8,10-11,14H2,1H3,(H,22,26). The van der Waals surface area contributed by atoms with E-state index in [0.29, 0.717) is 18.6 Å². The number of carbonyl (C=O) groups excluding carboxylic acids is 1. The van der Waals surface area contributed by atoms with Gasteiger partial charge in [-0.2, -0.15) is 5.10 Å². The second kappa shape index (κ2) is 7.88. The molecule has 4 rings (SSSR count). The Morgan fingerprint density at radius 3 is 2.89 bits per heavy atom. The molecule has 1 N–H and O–H groups in total. The predicted molar refractivity (Wildman–Crippen MR) is 106 cm³/mol. The van der Waals surface area contributed by atoms with Crippen LogP contribution in [0, 0.1) is 0 Å². The van der Waals surface area contributed by atoms with Crippen LogP contribution in [0.15, 0.2) is 41.5 Å². The smallest absolute Gasteiger partial charge is 0.276 e. The number of para-hydroxylation sites is 1. The Hall–Kier alpha value is -3.09. The number of nitrogens with one attached hydrogen (secondary N) is 1. The average molecular weight is 380 g/mol. The van der Waals surface area contributed by atoms with E-state index in [4.69, 9.17) is 4.74 Å². The van der Waals surface area contributed by atoms with Gasteiger partial charge in [-0.25, -0.2) is 4.52 Å². The molecule has 1 aliphatic rings. The molecule has 28 heavy (non-hydrogen) atoms. The van der Waals surface area contributed by atoms with Gasteiger partial charge in [0, 0.05) is 43.0 Å². The van der Waals surface area contributed by atoms with Crippen LogP contribution in [-0.4, -0.2) is 27.2 Å². The first-order chi connectivity index (χ1) is 13.7. The zero-order valence-electron chi connectivity index (χ0n) is 16.0. The summed E-state index contributed by atoms with van der Waals surface area (Å²) in [6.45, 7) is 0.736. The number of hydrogen-bond donors (Lipinski definition) is 1. The maximum Gasteiger partial charge on any atom is 0.276 e. The maximum atomic E-state index is 12.9. The quantitative estimate of drug-likeness (QED) is 0.710. The zero-order chi connectivity index (χ0) is 19.5. The lowest BCUT2D eigenvalue weighted by molar-refractivity contribution is -0.121. The number of hydrogen-bond acceptors (Lipinski definition) is 4. The lowest BCUT2D eigenvalue weighted by atomic mass is 9.97. The molecule has 0 radical (unpaired) electrons. The van der Waals surface area contributed by atoms with Crippen molar-refractivity contribution >= 4 is 11.4 Å². The van der Waals surface area contributed by atoms with Gasteiger partial charge in [-0.3, -0.25) is 9.59 Å². The molecular weight excluding hydrogens is 356 g/mol. The minimum atomic E-state index is -0.104. The van der Waals surface area contributed by atoms with Crippen molar-refractivity contribution in [2.75, 3.05) is 7.11 Å². The van der Waals surface area contributed by atoms with E-state index in [9.17, 15) is 9.59 Å². The van der Waals surface area contributed by atoms with Crippen molar-refractivity contribution in [2.45, 2.75) is 45.2 Å². The summed E-state index contributed by atoms with van der Waals surface area (Å²) < 4.78 is 8.59. The van der Waals surface area contributed by atoms with Gasteiger partial charge >= 0.3 is 0 Å². The van der Waals surface area contributed by atoms with Crippen LogP contribution >= 0.6 is 0 Å². The average Bonchev–Trinajstić information content (AvgIpc) is 3.11. The number of ether oxygens (including phenoxy) is 1. The van der Waals surface area contributed by atoms with Crippen molar-refractivity contribution in [3.05, 3.63) is 63.8 Å². The fourth-order valence-electron chi connectivity index (χ4n) is 3.78. The van der Waals surface area contributed by atoms with Crippen LogP contribution < -0.4 is 15.6 Å². The Morgan fingerprint density at radius 2 is 2.04 bits per heavy atom. The number of nitrogens with zero attached hydrogens (tertiary/aromatic N) is 3. The number of aromatic nitrogens is 3. The molecule has 7 nitrogen and oxygen atoms in total. The normalized spacial score (nSPS) is 13.3. The number of aryl methyl sites for hydroxylation is 3. The van der Waals surface area contributed by atoms with E-state index in [1.165, 1.54) is 0 Å². The van der Waals surface area contributed by atoms with E-state index in [0.717, 1.165) is 48.3 Å². The molecule has 0 atom stereocenters. The fraction of sp³-hybridized carbons (Fsp3) is 0.381. The van der Waals surface area contributed by atoms with Crippen LogP contribution in [0.25, 0.3) is 5.52 Å². The number of benzene rings is 1. The fourth-order valence-corrected chi connectivity index (χ4v) is 3.78. The van der Waals surface area contributed by atoms with E-state index in [1.54, 1.807) is 22.4 Å². The molecule has 1 aliphatic carbocycles. The second-order valence-corrected chi connectivity index (χ2v) is 7.06. The van der Waals surface area contributed by atoms with Crippen molar-refractivity contribution in [2.24, 2.45) is 0 Å². The van der Waals surface area contributed by atoms with Crippen LogP contribution in [0.2, 0.25) is 0 Å². The molecule has 2 aromatic heterocycles. The van der Waals surface area contributed by atoms with E-state index < -0.39 is 0 Å². The van der Waals surface area contributed by atoms with E-state index in [2.05, 4.69) is 10.4 Å². The molecule has 3 aromatic rings. The highest BCUT2D eigenvalue weighted by Crippen LogP contribution is 2.22. The Morgan fingerprint density at radius 1 is 1.21 bits per heavy atom. The largest absolute Gasteiger partial charge is 0.496 e. The summed E-state index contributed by atoms with van der Waals surface area (Å²) in [6, 6.07) is 7.58. The van der Waals surface area contributed by atoms with Gasteiger partial charge in [-0.15, -0.1) is 0 Å². The molecule has 0 saturated heterocycles. The van der Waals surface area contributed by atoms with Crippen LogP contribution in [0.1, 0.15) is 36.1 Å². The molecule has 0 saturated carbocycles. The maximum absolute atomic E-state index is 12.9. The highest BCUT2D eigenvalue weighted by Gasteiger charge is 2.19. The van der Waals surface area contributed by atoms with Gasteiger partial charge in [0.15, 0.2) is 0 Å². The molecule has 0 aliphatic heterocycles. The number of amides is 1. The van der Waals surface area contributed by atoms with E-state index in [-0.39, 0.29) is 17.9 Å². The SMILES string of the molecule is COc1ccccc1CNC(=O)CCn1ccn2nc3c(c2c1=O)CCCC3. The summed E-state index contributed by atoms with van der Waals surface area (Å²) >= 11 is 0. The van der Waals surface area contributed by atoms with Gasteiger partial charge in [0.25, 0.3) is 5.56 Å². The second-order valence-electron chi connectivity index (χ2n) is 7.06. The van der Waals surface area contributed by atoms with Gasteiger partial charge in [0.2, 0.25) is 5.91 Å². The number of rotatable bonds is 6. The first-order valence-corrected chi connectivity index (χ1v) is 9.65. The summed E-state index contributed by atoms with van der Waals surface area (Å²) in [4.78, 5) is 25.2. The van der Waals surface area contributed by atoms with Crippen LogP contribution in [0.4, 0.5) is 0 Å². The molecule has 0 bridgehead atoms. The topological polar surface area (TPSA) is 77.6 Å². The molecule has 0 spiro atoms. The van der Waals surface area contributed by atoms with Crippen LogP contribution in [-0.2, 0) is 30.7 Å². The Bertz CT molecular complexity index is 1070. The van der Waals surface area contributed by atoms with Crippen molar-refractivity contribution in [1.29, 1.82) is 0 Å². The minimum absolute atomic E-state index is 0.0734. The third-order valence-corrected chi connectivity index (χ3v) is 5.28. The van der Waals surface area contributed by atoms with Crippen molar-refractivity contribution in [3.8, 4) is 5.75 Å². The Kier molecular flexibility index (Phi) is 5.14. The molecule has 0 unspecified atom stereocenters. The first kappa shape index (κ1) is 18.3. The molecule has 2 heterocycles. The summed E-state index contributed by atoms with van der Waals surface area (Å²) in [5.41, 5.74) is 3.62. The summed E-state index contributed by atoms with van der Waals surface area (Å²) in [7, 11) is 1.61. The van der Waals surface area contributed by atoms with Crippen molar-refractivity contribution < 1.29 is 9.53 Å². The third kappa shape index (κ3) is 3.52. The van der Waals surface area contributed by atoms with Gasteiger partial charge in [0.05, 0.1) is 12.8 Å². The highest BCUT2D eigenvalue weighted by atomic mass is 16.5. The predicted octanol–water partition coefficient (Wildman–Crippen LogP) is 2.09. The molecule has 1 aromatic carbocycles. The van der Waals surface area contributed by atoms with Crippen LogP contribution in [0.3, 0.4) is 0 Å². The Balaban J connectivity index is 1.43. The Labute approximate surface area is 162 Å². The number of methoxy groups -OCH3 is 1. The lowest BCUT2D eigenvalue weighted by Gasteiger charge is -2.11. The molecule has 146 valence electrons. The summed E-state index contributed by atoms with van der Waals surface area (Å²) in [6.07, 6.45) is 7.80. The first-order valence-electron chi connectivity index (χ1n) is 9.65. The van der Waals surface area contributed by atoms with E-state index >= 15 is 0 Å². The number of fused-ring (bicyclic) bond motifs is 3. The summed E-state index contributed by atoms with van der Waals surface area (Å²) in [5.74, 6) is 0.642. The lowest BCUT2D eigenvalue weighted by Crippen LogP contribution is -2.28.